The number of allylic oxidation sites excluding steroid dienone is 1. The summed E-state index contributed by atoms with van der Waals surface area (Å²) in [7, 11) is 1.70. The van der Waals surface area contributed by atoms with Gasteiger partial charge in [-0.3, -0.25) is 4.79 Å². The van der Waals surface area contributed by atoms with Gasteiger partial charge in [-0.05, 0) is 71.6 Å². The quantitative estimate of drug-likeness (QED) is 0.388. The molecule has 0 aromatic carbocycles. The smallest absolute Gasteiger partial charge is 0.306 e. The van der Waals surface area contributed by atoms with Crippen LogP contribution in [0.1, 0.15) is 72.1 Å². The number of carbonyl (C=O) groups is 1. The van der Waals surface area contributed by atoms with E-state index in [0.717, 1.165) is 50.5 Å². The van der Waals surface area contributed by atoms with E-state index < -0.39 is 0 Å². The lowest BCUT2D eigenvalue weighted by molar-refractivity contribution is -0.164. The van der Waals surface area contributed by atoms with Gasteiger partial charge in [0.25, 0.3) is 0 Å². The zero-order chi connectivity index (χ0) is 21.2. The highest BCUT2D eigenvalue weighted by atomic mass is 16.6. The van der Waals surface area contributed by atoms with Gasteiger partial charge in [0.1, 0.15) is 17.8 Å². The summed E-state index contributed by atoms with van der Waals surface area (Å²) in [5.74, 6) is 0.337. The summed E-state index contributed by atoms with van der Waals surface area (Å²) in [5.41, 5.74) is 8.13. The molecule has 2 N–H and O–H groups in total. The van der Waals surface area contributed by atoms with Gasteiger partial charge >= 0.3 is 5.97 Å². The largest absolute Gasteiger partial charge is 0.460 e. The number of nitrogens with two attached hydrogens (primary N) is 1. The van der Waals surface area contributed by atoms with E-state index in [4.69, 9.17) is 19.9 Å². The average Bonchev–Trinajstić information content (AvgIpc) is 3.33. The lowest BCUT2D eigenvalue weighted by atomic mass is 9.72. The van der Waals surface area contributed by atoms with Crippen LogP contribution in [0.4, 0.5) is 0 Å². The number of rotatable bonds is 7. The van der Waals surface area contributed by atoms with Crippen molar-refractivity contribution >= 4 is 5.97 Å². The number of methoxy groups -OCH3 is 1. The van der Waals surface area contributed by atoms with Gasteiger partial charge in [0, 0.05) is 25.5 Å². The van der Waals surface area contributed by atoms with Crippen molar-refractivity contribution < 1.29 is 19.0 Å². The predicted octanol–water partition coefficient (Wildman–Crippen LogP) is 4.30. The van der Waals surface area contributed by atoms with Crippen molar-refractivity contribution in [2.75, 3.05) is 7.11 Å². The van der Waals surface area contributed by atoms with Crippen LogP contribution in [-0.4, -0.2) is 43.0 Å². The molecular formula is C24H39NO4. The topological polar surface area (TPSA) is 74.1 Å². The van der Waals surface area contributed by atoms with E-state index in [0.29, 0.717) is 18.4 Å². The molecule has 164 valence electrons. The maximum absolute atomic E-state index is 12.6. The van der Waals surface area contributed by atoms with Crippen molar-refractivity contribution in [1.29, 1.82) is 0 Å². The molecule has 2 aliphatic carbocycles. The molecule has 0 aromatic rings. The lowest BCUT2D eigenvalue weighted by Crippen LogP contribution is -2.48. The Kier molecular flexibility index (Phi) is 7.23. The molecule has 0 bridgehead atoms. The molecule has 0 radical (unpaired) electrons. The summed E-state index contributed by atoms with van der Waals surface area (Å²) >= 11 is 0. The molecule has 0 aromatic heterocycles. The second-order valence-electron chi connectivity index (χ2n) is 9.70. The van der Waals surface area contributed by atoms with E-state index in [2.05, 4.69) is 33.4 Å². The van der Waals surface area contributed by atoms with Crippen LogP contribution >= 0.6 is 0 Å². The van der Waals surface area contributed by atoms with Crippen LogP contribution < -0.4 is 5.73 Å². The Balaban J connectivity index is 1.61. The molecule has 5 atom stereocenters. The van der Waals surface area contributed by atoms with Gasteiger partial charge in [-0.25, -0.2) is 0 Å². The fourth-order valence-corrected chi connectivity index (χ4v) is 5.26. The molecule has 1 heterocycles. The summed E-state index contributed by atoms with van der Waals surface area (Å²) in [6.07, 6.45) is 8.99. The van der Waals surface area contributed by atoms with E-state index in [1.165, 1.54) is 5.57 Å². The number of carbonyl (C=O) groups excluding carboxylic acids is 1. The molecule has 0 spiro atoms. The summed E-state index contributed by atoms with van der Waals surface area (Å²) in [5, 5.41) is 0. The van der Waals surface area contributed by atoms with E-state index in [1.807, 2.05) is 0 Å². The first-order valence-corrected chi connectivity index (χ1v) is 11.2. The van der Waals surface area contributed by atoms with Crippen LogP contribution in [-0.2, 0) is 19.0 Å². The third kappa shape index (κ3) is 5.31. The zero-order valence-electron chi connectivity index (χ0n) is 18.6. The number of hydrogen-bond donors (Lipinski definition) is 1. The predicted molar refractivity (Wildman–Crippen MR) is 114 cm³/mol. The summed E-state index contributed by atoms with van der Waals surface area (Å²) in [6, 6.07) is 0.295. The monoisotopic (exact) mass is 405 g/mol. The van der Waals surface area contributed by atoms with Crippen molar-refractivity contribution in [1.82, 2.24) is 0 Å². The molecule has 5 heteroatoms. The Hall–Kier alpha value is -1.17. The molecule has 5 nitrogen and oxygen atoms in total. The summed E-state index contributed by atoms with van der Waals surface area (Å²) < 4.78 is 18.0. The molecule has 1 saturated heterocycles. The average molecular weight is 406 g/mol. The zero-order valence-corrected chi connectivity index (χ0v) is 18.6. The minimum absolute atomic E-state index is 0.0438. The maximum atomic E-state index is 12.6. The maximum Gasteiger partial charge on any atom is 0.306 e. The van der Waals surface area contributed by atoms with Crippen LogP contribution in [0.3, 0.4) is 0 Å². The van der Waals surface area contributed by atoms with E-state index in [1.54, 1.807) is 7.11 Å². The second-order valence-corrected chi connectivity index (χ2v) is 9.70. The molecule has 3 aliphatic rings. The molecule has 29 heavy (non-hydrogen) atoms. The fourth-order valence-electron chi connectivity index (χ4n) is 5.26. The van der Waals surface area contributed by atoms with Gasteiger partial charge < -0.3 is 19.9 Å². The SMILES string of the molecule is C=C1CCC(OC(=O)CC2CCC(N)CC2)C(OC)C1[C@]1(C)O[C@@H]1CC=C(C)C. The van der Waals surface area contributed by atoms with Crippen molar-refractivity contribution in [3.8, 4) is 0 Å². The number of epoxide rings is 1. The highest BCUT2D eigenvalue weighted by Gasteiger charge is 2.61. The fraction of sp³-hybridized carbons (Fsp3) is 0.792. The van der Waals surface area contributed by atoms with Crippen LogP contribution in [0.2, 0.25) is 0 Å². The van der Waals surface area contributed by atoms with Crippen LogP contribution in [0, 0.1) is 11.8 Å². The molecule has 1 aliphatic heterocycles. The van der Waals surface area contributed by atoms with Crippen molar-refractivity contribution in [3.05, 3.63) is 23.8 Å². The van der Waals surface area contributed by atoms with E-state index in [9.17, 15) is 4.79 Å². The van der Waals surface area contributed by atoms with Crippen molar-refractivity contribution in [2.45, 2.75) is 102 Å². The number of hydrogen-bond acceptors (Lipinski definition) is 5. The van der Waals surface area contributed by atoms with Gasteiger partial charge in [-0.15, -0.1) is 0 Å². The van der Waals surface area contributed by atoms with Gasteiger partial charge in [0.2, 0.25) is 0 Å². The second kappa shape index (κ2) is 9.32. The Morgan fingerprint density at radius 1 is 1.28 bits per heavy atom. The summed E-state index contributed by atoms with van der Waals surface area (Å²) in [4.78, 5) is 12.6. The van der Waals surface area contributed by atoms with Crippen molar-refractivity contribution in [2.24, 2.45) is 17.6 Å². The lowest BCUT2D eigenvalue weighted by Gasteiger charge is -2.40. The van der Waals surface area contributed by atoms with E-state index >= 15 is 0 Å². The first-order chi connectivity index (χ1) is 13.7. The third-order valence-corrected chi connectivity index (χ3v) is 7.12. The Morgan fingerprint density at radius 2 is 1.97 bits per heavy atom. The molecular weight excluding hydrogens is 366 g/mol. The molecule has 3 fully saturated rings. The number of esters is 1. The highest BCUT2D eigenvalue weighted by molar-refractivity contribution is 5.70. The highest BCUT2D eigenvalue weighted by Crippen LogP contribution is 2.52. The Bertz CT molecular complexity index is 633. The Morgan fingerprint density at radius 3 is 2.59 bits per heavy atom. The van der Waals surface area contributed by atoms with E-state index in [-0.39, 0.29) is 35.8 Å². The minimum atomic E-state index is -0.297. The van der Waals surface area contributed by atoms with Crippen LogP contribution in [0.25, 0.3) is 0 Å². The van der Waals surface area contributed by atoms with Crippen molar-refractivity contribution in [3.63, 3.8) is 0 Å². The Labute approximate surface area is 176 Å². The third-order valence-electron chi connectivity index (χ3n) is 7.12. The first-order valence-electron chi connectivity index (χ1n) is 11.2. The molecule has 2 saturated carbocycles. The summed E-state index contributed by atoms with van der Waals surface area (Å²) in [6.45, 7) is 10.7. The normalized spacial score (nSPS) is 39.7. The molecule has 3 unspecified atom stereocenters. The molecule has 3 rings (SSSR count). The standard InChI is InChI=1S/C24H39NO4/c1-15(2)6-13-20-24(4,29-20)22-16(3)7-12-19(23(22)27-5)28-21(26)14-17-8-10-18(25)11-9-17/h6,17-20,22-23H,3,7-14,25H2,1-2,4-5H3/t17?,18?,19?,20-,22?,23?,24-/m1/s1. The van der Waals surface area contributed by atoms with Crippen LogP contribution in [0.5, 0.6) is 0 Å². The van der Waals surface area contributed by atoms with Gasteiger partial charge in [0.05, 0.1) is 6.10 Å². The van der Waals surface area contributed by atoms with Gasteiger partial charge in [-0.1, -0.05) is 23.8 Å². The van der Waals surface area contributed by atoms with Gasteiger partial charge in [0.15, 0.2) is 0 Å². The van der Waals surface area contributed by atoms with Gasteiger partial charge in [-0.2, -0.15) is 0 Å². The van der Waals surface area contributed by atoms with Crippen LogP contribution in [0.15, 0.2) is 23.8 Å². The first kappa shape index (κ1) is 22.5. The minimum Gasteiger partial charge on any atom is -0.460 e. The molecule has 0 amide bonds. The number of ether oxygens (including phenoxy) is 3.